The van der Waals surface area contributed by atoms with Crippen molar-refractivity contribution < 1.29 is 9.90 Å². The number of carbonyl (C=O) groups is 1. The summed E-state index contributed by atoms with van der Waals surface area (Å²) in [5.41, 5.74) is 2.29. The van der Waals surface area contributed by atoms with E-state index in [1.807, 2.05) is 27.7 Å². The molecule has 0 saturated heterocycles. The van der Waals surface area contributed by atoms with Crippen LogP contribution in [0.2, 0.25) is 0 Å². The van der Waals surface area contributed by atoms with Crippen LogP contribution >= 0.6 is 0 Å². The molecule has 0 aliphatic rings. The van der Waals surface area contributed by atoms with Crippen molar-refractivity contribution in [2.75, 3.05) is 0 Å². The quantitative estimate of drug-likeness (QED) is 0.710. The molecule has 0 bridgehead atoms. The summed E-state index contributed by atoms with van der Waals surface area (Å²) in [4.78, 5) is 11.2. The maximum absolute atomic E-state index is 11.2. The van der Waals surface area contributed by atoms with Crippen molar-refractivity contribution in [2.45, 2.75) is 46.2 Å². The number of carboxylic acids is 1. The molecule has 0 radical (unpaired) electrons. The Morgan fingerprint density at radius 3 is 2.56 bits per heavy atom. The van der Waals surface area contributed by atoms with Gasteiger partial charge >= 0.3 is 5.97 Å². The third kappa shape index (κ3) is 2.61. The zero-order valence-corrected chi connectivity index (χ0v) is 10.2. The zero-order valence-electron chi connectivity index (χ0n) is 10.2. The number of hydrogen-bond donors (Lipinski definition) is 3. The fraction of sp³-hybridized carbons (Fsp3) is 0.636. The van der Waals surface area contributed by atoms with Crippen LogP contribution in [-0.4, -0.2) is 27.3 Å². The van der Waals surface area contributed by atoms with Gasteiger partial charge in [0.2, 0.25) is 0 Å². The Morgan fingerprint density at radius 2 is 2.19 bits per heavy atom. The topological polar surface area (TPSA) is 78.0 Å². The molecule has 3 N–H and O–H groups in total. The summed E-state index contributed by atoms with van der Waals surface area (Å²) < 4.78 is 0. The monoisotopic (exact) mass is 225 g/mol. The SMILES string of the molecule is CCC(C)NC(C(=O)O)c1c(C)n[nH]c1C. The molecule has 5 heteroatoms. The van der Waals surface area contributed by atoms with Crippen molar-refractivity contribution in [1.82, 2.24) is 15.5 Å². The average Bonchev–Trinajstić information content (AvgIpc) is 2.55. The molecule has 0 aliphatic carbocycles. The van der Waals surface area contributed by atoms with Crippen LogP contribution in [0, 0.1) is 13.8 Å². The van der Waals surface area contributed by atoms with E-state index in [1.165, 1.54) is 0 Å². The third-order valence-corrected chi connectivity index (χ3v) is 2.78. The van der Waals surface area contributed by atoms with Crippen LogP contribution in [0.15, 0.2) is 0 Å². The lowest BCUT2D eigenvalue weighted by atomic mass is 10.0. The molecule has 0 spiro atoms. The highest BCUT2D eigenvalue weighted by atomic mass is 16.4. The van der Waals surface area contributed by atoms with Gasteiger partial charge in [-0.2, -0.15) is 5.10 Å². The van der Waals surface area contributed by atoms with Crippen molar-refractivity contribution in [1.29, 1.82) is 0 Å². The Balaban J connectivity index is 2.99. The van der Waals surface area contributed by atoms with E-state index in [4.69, 9.17) is 0 Å². The molecule has 90 valence electrons. The minimum absolute atomic E-state index is 0.162. The molecule has 2 atom stereocenters. The second-order valence-electron chi connectivity index (χ2n) is 4.09. The largest absolute Gasteiger partial charge is 0.480 e. The molecule has 0 aliphatic heterocycles. The number of aromatic nitrogens is 2. The normalized spacial score (nSPS) is 14.8. The van der Waals surface area contributed by atoms with E-state index >= 15 is 0 Å². The molecule has 0 fully saturated rings. The smallest absolute Gasteiger partial charge is 0.325 e. The Kier molecular flexibility index (Phi) is 4.06. The van der Waals surface area contributed by atoms with Gasteiger partial charge in [0.05, 0.1) is 5.69 Å². The highest BCUT2D eigenvalue weighted by molar-refractivity contribution is 5.76. The van der Waals surface area contributed by atoms with E-state index in [2.05, 4.69) is 15.5 Å². The summed E-state index contributed by atoms with van der Waals surface area (Å²) >= 11 is 0. The van der Waals surface area contributed by atoms with Gasteiger partial charge in [0.1, 0.15) is 6.04 Å². The molecule has 0 amide bonds. The van der Waals surface area contributed by atoms with E-state index in [1.54, 1.807) is 0 Å². The lowest BCUT2D eigenvalue weighted by Gasteiger charge is -2.19. The van der Waals surface area contributed by atoms with Gasteiger partial charge in [-0.15, -0.1) is 0 Å². The third-order valence-electron chi connectivity index (χ3n) is 2.78. The summed E-state index contributed by atoms with van der Waals surface area (Å²) in [5, 5.41) is 19.2. The molecular formula is C11H19N3O2. The molecule has 1 aromatic rings. The highest BCUT2D eigenvalue weighted by Crippen LogP contribution is 2.20. The van der Waals surface area contributed by atoms with E-state index < -0.39 is 12.0 Å². The number of aromatic amines is 1. The number of aliphatic carboxylic acids is 1. The standard InChI is InChI=1S/C11H19N3O2/c1-5-6(2)12-10(11(15)16)9-7(3)13-14-8(9)4/h6,10,12H,5H2,1-4H3,(H,13,14)(H,15,16). The number of H-pyrrole nitrogens is 1. The number of hydrogen-bond acceptors (Lipinski definition) is 3. The predicted molar refractivity (Wildman–Crippen MR) is 61.3 cm³/mol. The van der Waals surface area contributed by atoms with Crippen LogP contribution in [0.5, 0.6) is 0 Å². The van der Waals surface area contributed by atoms with Gasteiger partial charge in [-0.1, -0.05) is 6.92 Å². The molecule has 0 aromatic carbocycles. The molecule has 1 heterocycles. The summed E-state index contributed by atoms with van der Waals surface area (Å²) in [6.45, 7) is 7.64. The van der Waals surface area contributed by atoms with Crippen molar-refractivity contribution in [3.8, 4) is 0 Å². The first kappa shape index (κ1) is 12.7. The number of rotatable bonds is 5. The first-order valence-electron chi connectivity index (χ1n) is 5.47. The van der Waals surface area contributed by atoms with Gasteiger partial charge in [-0.05, 0) is 27.2 Å². The molecule has 1 rings (SSSR count). The van der Waals surface area contributed by atoms with Crippen LogP contribution in [0.4, 0.5) is 0 Å². The van der Waals surface area contributed by atoms with Crippen molar-refractivity contribution in [2.24, 2.45) is 0 Å². The van der Waals surface area contributed by atoms with Crippen LogP contribution in [-0.2, 0) is 4.79 Å². The highest BCUT2D eigenvalue weighted by Gasteiger charge is 2.26. The molecule has 5 nitrogen and oxygen atoms in total. The van der Waals surface area contributed by atoms with E-state index in [-0.39, 0.29) is 6.04 Å². The Hall–Kier alpha value is -1.36. The number of carboxylic acid groups (broad SMARTS) is 1. The van der Waals surface area contributed by atoms with Gasteiger partial charge < -0.3 is 5.11 Å². The van der Waals surface area contributed by atoms with Crippen molar-refractivity contribution in [3.63, 3.8) is 0 Å². The zero-order chi connectivity index (χ0) is 12.3. The van der Waals surface area contributed by atoms with Crippen LogP contribution < -0.4 is 5.32 Å². The van der Waals surface area contributed by atoms with Crippen molar-refractivity contribution in [3.05, 3.63) is 17.0 Å². The Morgan fingerprint density at radius 1 is 1.56 bits per heavy atom. The van der Waals surface area contributed by atoms with Crippen LogP contribution in [0.25, 0.3) is 0 Å². The maximum Gasteiger partial charge on any atom is 0.325 e. The molecule has 0 saturated carbocycles. The fourth-order valence-electron chi connectivity index (χ4n) is 1.67. The second kappa shape index (κ2) is 5.12. The minimum atomic E-state index is -0.868. The minimum Gasteiger partial charge on any atom is -0.480 e. The summed E-state index contributed by atoms with van der Waals surface area (Å²) in [5.74, 6) is -0.868. The lowest BCUT2D eigenvalue weighted by molar-refractivity contribution is -0.139. The fourth-order valence-corrected chi connectivity index (χ4v) is 1.67. The lowest BCUT2D eigenvalue weighted by Crippen LogP contribution is -2.35. The Labute approximate surface area is 95.3 Å². The van der Waals surface area contributed by atoms with Crippen LogP contribution in [0.3, 0.4) is 0 Å². The van der Waals surface area contributed by atoms with E-state index in [9.17, 15) is 9.90 Å². The molecular weight excluding hydrogens is 206 g/mol. The average molecular weight is 225 g/mol. The summed E-state index contributed by atoms with van der Waals surface area (Å²) in [6, 6.07) is -0.525. The summed E-state index contributed by atoms with van der Waals surface area (Å²) in [7, 11) is 0. The van der Waals surface area contributed by atoms with Gasteiger partial charge in [-0.3, -0.25) is 15.2 Å². The molecule has 2 unspecified atom stereocenters. The molecule has 1 aromatic heterocycles. The number of nitrogens with one attached hydrogen (secondary N) is 2. The van der Waals surface area contributed by atoms with Crippen LogP contribution in [0.1, 0.15) is 43.3 Å². The van der Waals surface area contributed by atoms with Gasteiger partial charge in [-0.25, -0.2) is 0 Å². The number of aryl methyl sites for hydroxylation is 2. The maximum atomic E-state index is 11.2. The van der Waals surface area contributed by atoms with Gasteiger partial charge in [0.25, 0.3) is 0 Å². The van der Waals surface area contributed by atoms with Gasteiger partial charge in [0.15, 0.2) is 0 Å². The first-order valence-corrected chi connectivity index (χ1v) is 5.47. The predicted octanol–water partition coefficient (Wildman–Crippen LogP) is 1.54. The summed E-state index contributed by atoms with van der Waals surface area (Å²) in [6.07, 6.45) is 0.889. The Bertz CT molecular complexity index is 354. The second-order valence-corrected chi connectivity index (χ2v) is 4.09. The van der Waals surface area contributed by atoms with E-state index in [0.29, 0.717) is 0 Å². The first-order chi connectivity index (χ1) is 7.47. The number of nitrogens with zero attached hydrogens (tertiary/aromatic N) is 1. The van der Waals surface area contributed by atoms with Gasteiger partial charge in [0, 0.05) is 17.3 Å². The van der Waals surface area contributed by atoms with Crippen molar-refractivity contribution >= 4 is 5.97 Å². The van der Waals surface area contributed by atoms with E-state index in [0.717, 1.165) is 23.4 Å². The molecule has 16 heavy (non-hydrogen) atoms.